The second kappa shape index (κ2) is 16.3. The number of fused-ring (bicyclic) bond motifs is 1. The predicted molar refractivity (Wildman–Crippen MR) is 175 cm³/mol. The number of ether oxygens (including phenoxy) is 2. The van der Waals surface area contributed by atoms with Crippen LogP contribution in [-0.4, -0.2) is 57.5 Å². The van der Waals surface area contributed by atoms with Gasteiger partial charge in [0.25, 0.3) is 5.56 Å². The molecule has 4 aromatic rings. The highest BCUT2D eigenvalue weighted by atomic mass is 32.5. The van der Waals surface area contributed by atoms with Crippen LogP contribution >= 0.6 is 6.72 Å². The summed E-state index contributed by atoms with van der Waals surface area (Å²) in [5, 5.41) is 2.65. The molecule has 0 saturated carbocycles. The van der Waals surface area contributed by atoms with Crippen molar-refractivity contribution in [3.05, 3.63) is 88.5 Å². The van der Waals surface area contributed by atoms with Gasteiger partial charge < -0.3 is 23.1 Å². The summed E-state index contributed by atoms with van der Waals surface area (Å²) >= 11 is 5.83. The van der Waals surface area contributed by atoms with Gasteiger partial charge in [-0.15, -0.1) is 0 Å². The van der Waals surface area contributed by atoms with Gasteiger partial charge in [-0.05, 0) is 36.8 Å². The smallest absolute Gasteiger partial charge is 0.327 e. The van der Waals surface area contributed by atoms with E-state index in [4.69, 9.17) is 34.9 Å². The molecule has 1 amide bonds. The standard InChI is InChI=1S/C31H40N5O7PS/c1-5-41-44(45,42-6-2)43-31(20-39-17-24-13-9-7-10-14-24,21-40-18-25-15-11-8-12-16-25)19-36-22-32-26-27(36)33-30(35-29(26)38)34-28(37)23(3)4/h7-16,22-23H,5-6,17-21H2,1-4H3,(H2,33,34,35,37,38). The second-order valence-corrected chi connectivity index (χ2v) is 13.6. The summed E-state index contributed by atoms with van der Waals surface area (Å²) in [6, 6.07) is 19.5. The van der Waals surface area contributed by atoms with Gasteiger partial charge in [-0.1, -0.05) is 74.5 Å². The maximum Gasteiger partial charge on any atom is 0.327 e. The summed E-state index contributed by atoms with van der Waals surface area (Å²) in [5.74, 6) is -0.602. The average Bonchev–Trinajstić information content (AvgIpc) is 3.41. The number of benzene rings is 2. The van der Waals surface area contributed by atoms with Crippen LogP contribution in [0.15, 0.2) is 71.8 Å². The van der Waals surface area contributed by atoms with E-state index in [1.807, 2.05) is 74.5 Å². The molecule has 2 N–H and O–H groups in total. The van der Waals surface area contributed by atoms with Crippen LogP contribution in [0.2, 0.25) is 0 Å². The van der Waals surface area contributed by atoms with Crippen LogP contribution in [0.25, 0.3) is 11.2 Å². The molecule has 0 spiro atoms. The van der Waals surface area contributed by atoms with E-state index in [0.717, 1.165) is 11.1 Å². The van der Waals surface area contributed by atoms with Crippen LogP contribution in [0.3, 0.4) is 0 Å². The molecule has 0 saturated heterocycles. The van der Waals surface area contributed by atoms with Crippen LogP contribution in [0.4, 0.5) is 5.95 Å². The van der Waals surface area contributed by atoms with Gasteiger partial charge in [0.05, 0.1) is 52.5 Å². The first-order valence-electron chi connectivity index (χ1n) is 14.7. The number of carbonyl (C=O) groups excluding carboxylic acids is 1. The van der Waals surface area contributed by atoms with Gasteiger partial charge in [-0.3, -0.25) is 24.4 Å². The Morgan fingerprint density at radius 1 is 0.978 bits per heavy atom. The average molecular weight is 658 g/mol. The fourth-order valence-electron chi connectivity index (χ4n) is 4.42. The van der Waals surface area contributed by atoms with Crippen LogP contribution in [0, 0.1) is 5.92 Å². The number of aromatic amines is 1. The number of nitrogens with zero attached hydrogens (tertiary/aromatic N) is 3. The normalized spacial score (nSPS) is 12.2. The Morgan fingerprint density at radius 2 is 1.53 bits per heavy atom. The van der Waals surface area contributed by atoms with E-state index in [0.29, 0.717) is 13.2 Å². The Bertz CT molecular complexity index is 1580. The van der Waals surface area contributed by atoms with Gasteiger partial charge >= 0.3 is 6.72 Å². The minimum atomic E-state index is -3.30. The van der Waals surface area contributed by atoms with Crippen LogP contribution in [0.1, 0.15) is 38.8 Å². The van der Waals surface area contributed by atoms with Crippen molar-refractivity contribution in [1.29, 1.82) is 0 Å². The molecule has 0 fully saturated rings. The summed E-state index contributed by atoms with van der Waals surface area (Å²) in [6.45, 7) is 5.05. The molecule has 242 valence electrons. The summed E-state index contributed by atoms with van der Waals surface area (Å²) in [5.41, 5.74) is 0.491. The number of imidazole rings is 1. The van der Waals surface area contributed by atoms with Crippen molar-refractivity contribution in [2.45, 2.75) is 53.1 Å². The van der Waals surface area contributed by atoms with Crippen LogP contribution < -0.4 is 10.9 Å². The number of hydrogen-bond acceptors (Lipinski definition) is 10. The van der Waals surface area contributed by atoms with E-state index < -0.39 is 17.9 Å². The van der Waals surface area contributed by atoms with Gasteiger partial charge in [0.15, 0.2) is 11.2 Å². The lowest BCUT2D eigenvalue weighted by Crippen LogP contribution is -2.46. The molecule has 0 unspecified atom stereocenters. The predicted octanol–water partition coefficient (Wildman–Crippen LogP) is 5.20. The lowest BCUT2D eigenvalue weighted by Gasteiger charge is -2.37. The number of anilines is 1. The van der Waals surface area contributed by atoms with Gasteiger partial charge in [0.1, 0.15) is 5.60 Å². The maximum absolute atomic E-state index is 12.9. The molecule has 0 atom stereocenters. The van der Waals surface area contributed by atoms with Crippen molar-refractivity contribution >= 4 is 41.5 Å². The zero-order valence-electron chi connectivity index (χ0n) is 25.9. The van der Waals surface area contributed by atoms with Crippen molar-refractivity contribution in [3.63, 3.8) is 0 Å². The molecular weight excluding hydrogens is 617 g/mol. The summed E-state index contributed by atoms with van der Waals surface area (Å²) in [7, 11) is 0. The first-order chi connectivity index (χ1) is 21.7. The van der Waals surface area contributed by atoms with E-state index in [1.54, 1.807) is 18.4 Å². The fourth-order valence-corrected chi connectivity index (χ4v) is 6.97. The molecule has 0 radical (unpaired) electrons. The minimum absolute atomic E-state index is 0.00822. The molecule has 0 aliphatic carbocycles. The Labute approximate surface area is 267 Å². The summed E-state index contributed by atoms with van der Waals surface area (Å²) < 4.78 is 32.6. The quantitative estimate of drug-likeness (QED) is 0.137. The van der Waals surface area contributed by atoms with E-state index in [9.17, 15) is 9.59 Å². The highest BCUT2D eigenvalue weighted by molar-refractivity contribution is 8.07. The van der Waals surface area contributed by atoms with E-state index in [-0.39, 0.29) is 61.9 Å². The van der Waals surface area contributed by atoms with Crippen molar-refractivity contribution in [3.8, 4) is 0 Å². The lowest BCUT2D eigenvalue weighted by molar-refractivity contribution is -0.118. The molecule has 2 aromatic carbocycles. The topological polar surface area (TPSA) is 139 Å². The zero-order valence-corrected chi connectivity index (χ0v) is 27.6. The largest absolute Gasteiger partial charge is 0.374 e. The molecule has 12 nitrogen and oxygen atoms in total. The highest BCUT2D eigenvalue weighted by Crippen LogP contribution is 2.53. The first-order valence-corrected chi connectivity index (χ1v) is 17.3. The summed E-state index contributed by atoms with van der Waals surface area (Å²) in [4.78, 5) is 36.7. The monoisotopic (exact) mass is 657 g/mol. The molecule has 4 rings (SSSR count). The number of nitrogens with one attached hydrogen (secondary N) is 2. The van der Waals surface area contributed by atoms with Crippen molar-refractivity contribution in [2.24, 2.45) is 5.92 Å². The molecule has 0 aliphatic rings. The van der Waals surface area contributed by atoms with Gasteiger partial charge in [-0.25, -0.2) is 4.98 Å². The van der Waals surface area contributed by atoms with Gasteiger partial charge in [0.2, 0.25) is 11.9 Å². The number of H-pyrrole nitrogens is 1. The Morgan fingerprint density at radius 3 is 2.04 bits per heavy atom. The second-order valence-electron chi connectivity index (χ2n) is 10.6. The Kier molecular flexibility index (Phi) is 12.5. The Hall–Kier alpha value is -3.29. The number of amides is 1. The molecule has 14 heteroatoms. The third kappa shape index (κ3) is 9.85. The molecule has 45 heavy (non-hydrogen) atoms. The SMILES string of the molecule is CCOP(=S)(OCC)OC(COCc1ccccc1)(COCc1ccccc1)Cn1cnc2c(=O)[nH]c(NC(=O)C(C)C)nc21. The van der Waals surface area contributed by atoms with E-state index >= 15 is 0 Å². The van der Waals surface area contributed by atoms with Crippen molar-refractivity contribution in [1.82, 2.24) is 19.5 Å². The Balaban J connectivity index is 1.74. The number of carbonyl (C=O) groups is 1. The lowest BCUT2D eigenvalue weighted by atomic mass is 10.1. The van der Waals surface area contributed by atoms with Gasteiger partial charge in [0, 0.05) is 5.92 Å². The zero-order chi connectivity index (χ0) is 32.3. The number of aromatic nitrogens is 4. The van der Waals surface area contributed by atoms with E-state index in [1.165, 1.54) is 6.33 Å². The van der Waals surface area contributed by atoms with Crippen molar-refractivity contribution < 1.29 is 27.8 Å². The molecule has 0 aliphatic heterocycles. The molecular formula is C31H40N5O7PS. The fraction of sp³-hybridized carbons (Fsp3) is 0.419. The minimum Gasteiger partial charge on any atom is -0.374 e. The third-order valence-electron chi connectivity index (χ3n) is 6.53. The molecule has 0 bridgehead atoms. The number of rotatable bonds is 18. The number of hydrogen-bond donors (Lipinski definition) is 2. The highest BCUT2D eigenvalue weighted by Gasteiger charge is 2.41. The summed E-state index contributed by atoms with van der Waals surface area (Å²) in [6.07, 6.45) is 1.48. The molecule has 2 heterocycles. The van der Waals surface area contributed by atoms with Crippen molar-refractivity contribution in [2.75, 3.05) is 31.7 Å². The molecule has 2 aromatic heterocycles. The third-order valence-corrected chi connectivity index (χ3v) is 9.15. The van der Waals surface area contributed by atoms with Gasteiger partial charge in [-0.2, -0.15) is 4.98 Å². The first kappa shape index (κ1) is 34.6. The van der Waals surface area contributed by atoms with Crippen LogP contribution in [0.5, 0.6) is 0 Å². The van der Waals surface area contributed by atoms with E-state index in [2.05, 4.69) is 20.3 Å². The maximum atomic E-state index is 12.9. The van der Waals surface area contributed by atoms with Crippen LogP contribution in [-0.2, 0) is 59.4 Å².